The second kappa shape index (κ2) is 4.31. The first-order valence-electron chi connectivity index (χ1n) is 6.54. The average Bonchev–Trinajstić information content (AvgIpc) is 2.83. The van der Waals surface area contributed by atoms with Gasteiger partial charge in [0.25, 0.3) is 0 Å². The van der Waals surface area contributed by atoms with Crippen LogP contribution in [0.1, 0.15) is 31.7 Å². The Morgan fingerprint density at radius 3 is 2.88 bits per heavy atom. The van der Waals surface area contributed by atoms with Crippen molar-refractivity contribution in [3.8, 4) is 0 Å². The third-order valence-electron chi connectivity index (χ3n) is 4.00. The summed E-state index contributed by atoms with van der Waals surface area (Å²) in [5.41, 5.74) is 6.34. The number of rotatable bonds is 4. The van der Waals surface area contributed by atoms with E-state index in [4.69, 9.17) is 5.73 Å². The van der Waals surface area contributed by atoms with Crippen LogP contribution in [0, 0.1) is 0 Å². The van der Waals surface area contributed by atoms with E-state index in [-0.39, 0.29) is 5.54 Å². The molecule has 2 heterocycles. The highest BCUT2D eigenvalue weighted by Gasteiger charge is 2.29. The second-order valence-electron chi connectivity index (χ2n) is 5.40. The summed E-state index contributed by atoms with van der Waals surface area (Å²) in [6.45, 7) is 2.90. The van der Waals surface area contributed by atoms with Crippen molar-refractivity contribution in [1.29, 1.82) is 0 Å². The fraction of sp³-hybridized carbons (Fsp3) is 0.750. The number of anilines is 1. The van der Waals surface area contributed by atoms with Crippen LogP contribution in [0.25, 0.3) is 0 Å². The van der Waals surface area contributed by atoms with Crippen LogP contribution in [-0.4, -0.2) is 35.0 Å². The summed E-state index contributed by atoms with van der Waals surface area (Å²) in [6.07, 6.45) is 6.67. The molecule has 0 radical (unpaired) electrons. The van der Waals surface area contributed by atoms with Gasteiger partial charge in [-0.3, -0.25) is 0 Å². The maximum Gasteiger partial charge on any atom is 0.124 e. The largest absolute Gasteiger partial charge is 0.368 e. The maximum atomic E-state index is 6.34. The summed E-state index contributed by atoms with van der Waals surface area (Å²) < 4.78 is 2.08. The summed E-state index contributed by atoms with van der Waals surface area (Å²) in [5.74, 6) is 1.10. The monoisotopic (exact) mass is 235 g/mol. The zero-order valence-corrected chi connectivity index (χ0v) is 10.2. The van der Waals surface area contributed by atoms with E-state index < -0.39 is 0 Å². The number of hydrogen-bond donors (Lipinski definition) is 3. The third kappa shape index (κ3) is 2.17. The molecular formula is C12H21N5. The SMILES string of the molecule is NC1(CNc2ccnn2C2CNC2)CCCC1. The Kier molecular flexibility index (Phi) is 2.80. The predicted octanol–water partition coefficient (Wildman–Crippen LogP) is 0.711. The van der Waals surface area contributed by atoms with Crippen LogP contribution in [0.3, 0.4) is 0 Å². The molecule has 0 bridgehead atoms. The van der Waals surface area contributed by atoms with Crippen LogP contribution in [0.15, 0.2) is 12.3 Å². The van der Waals surface area contributed by atoms with Gasteiger partial charge in [-0.25, -0.2) is 4.68 Å². The van der Waals surface area contributed by atoms with E-state index in [0.717, 1.165) is 38.3 Å². The number of hydrogen-bond acceptors (Lipinski definition) is 4. The third-order valence-corrected chi connectivity index (χ3v) is 4.00. The van der Waals surface area contributed by atoms with Crippen LogP contribution < -0.4 is 16.4 Å². The van der Waals surface area contributed by atoms with E-state index >= 15 is 0 Å². The highest BCUT2D eigenvalue weighted by Crippen LogP contribution is 2.27. The summed E-state index contributed by atoms with van der Waals surface area (Å²) >= 11 is 0. The molecule has 0 amide bonds. The fourth-order valence-corrected chi connectivity index (χ4v) is 2.71. The van der Waals surface area contributed by atoms with Crippen molar-refractivity contribution in [3.05, 3.63) is 12.3 Å². The molecule has 1 saturated carbocycles. The van der Waals surface area contributed by atoms with Crippen molar-refractivity contribution in [2.24, 2.45) is 5.73 Å². The highest BCUT2D eigenvalue weighted by atomic mass is 15.4. The van der Waals surface area contributed by atoms with E-state index in [1.807, 2.05) is 12.3 Å². The molecular weight excluding hydrogens is 214 g/mol. The number of nitrogens with zero attached hydrogens (tertiary/aromatic N) is 2. The molecule has 1 aromatic heterocycles. The zero-order valence-electron chi connectivity index (χ0n) is 10.2. The lowest BCUT2D eigenvalue weighted by Crippen LogP contribution is -2.46. The van der Waals surface area contributed by atoms with Crippen LogP contribution in [0.5, 0.6) is 0 Å². The minimum Gasteiger partial charge on any atom is -0.368 e. The first-order chi connectivity index (χ1) is 8.27. The fourth-order valence-electron chi connectivity index (χ4n) is 2.71. The minimum atomic E-state index is -0.00698. The Bertz CT molecular complexity index is 376. The molecule has 1 aliphatic carbocycles. The van der Waals surface area contributed by atoms with Crippen molar-refractivity contribution in [1.82, 2.24) is 15.1 Å². The molecule has 0 unspecified atom stereocenters. The van der Waals surface area contributed by atoms with Gasteiger partial charge in [-0.1, -0.05) is 12.8 Å². The van der Waals surface area contributed by atoms with Gasteiger partial charge in [0.2, 0.25) is 0 Å². The molecule has 4 N–H and O–H groups in total. The summed E-state index contributed by atoms with van der Waals surface area (Å²) in [4.78, 5) is 0. The Balaban J connectivity index is 1.62. The average molecular weight is 235 g/mol. The molecule has 1 saturated heterocycles. The van der Waals surface area contributed by atoms with E-state index in [1.165, 1.54) is 12.8 Å². The molecule has 5 nitrogen and oxygen atoms in total. The first-order valence-corrected chi connectivity index (χ1v) is 6.54. The smallest absolute Gasteiger partial charge is 0.124 e. The molecule has 3 rings (SSSR count). The van der Waals surface area contributed by atoms with Gasteiger partial charge in [-0.2, -0.15) is 5.10 Å². The number of nitrogens with two attached hydrogens (primary N) is 1. The van der Waals surface area contributed by atoms with E-state index in [2.05, 4.69) is 20.4 Å². The van der Waals surface area contributed by atoms with Crippen LogP contribution in [0.2, 0.25) is 0 Å². The predicted molar refractivity (Wildman–Crippen MR) is 68.0 cm³/mol. The number of nitrogens with one attached hydrogen (secondary N) is 2. The van der Waals surface area contributed by atoms with E-state index in [0.29, 0.717) is 6.04 Å². The van der Waals surface area contributed by atoms with Gasteiger partial charge in [0, 0.05) is 31.2 Å². The van der Waals surface area contributed by atoms with Gasteiger partial charge in [-0.15, -0.1) is 0 Å². The molecule has 0 spiro atoms. The second-order valence-corrected chi connectivity index (χ2v) is 5.40. The van der Waals surface area contributed by atoms with Crippen molar-refractivity contribution < 1.29 is 0 Å². The molecule has 94 valence electrons. The normalized spacial score (nSPS) is 23.6. The van der Waals surface area contributed by atoms with Crippen LogP contribution in [-0.2, 0) is 0 Å². The lowest BCUT2D eigenvalue weighted by atomic mass is 9.99. The Morgan fingerprint density at radius 1 is 1.47 bits per heavy atom. The van der Waals surface area contributed by atoms with Crippen molar-refractivity contribution in [3.63, 3.8) is 0 Å². The van der Waals surface area contributed by atoms with Crippen LogP contribution >= 0.6 is 0 Å². The molecule has 0 aromatic carbocycles. The van der Waals surface area contributed by atoms with Gasteiger partial charge >= 0.3 is 0 Å². The quantitative estimate of drug-likeness (QED) is 0.719. The minimum absolute atomic E-state index is 0.00698. The summed E-state index contributed by atoms with van der Waals surface area (Å²) in [5, 5.41) is 11.1. The van der Waals surface area contributed by atoms with Gasteiger partial charge in [-0.05, 0) is 12.8 Å². The lowest BCUT2D eigenvalue weighted by molar-refractivity contribution is 0.320. The highest BCUT2D eigenvalue weighted by molar-refractivity contribution is 5.35. The number of aromatic nitrogens is 2. The van der Waals surface area contributed by atoms with Crippen molar-refractivity contribution in [2.45, 2.75) is 37.3 Å². The van der Waals surface area contributed by atoms with E-state index in [1.54, 1.807) is 0 Å². The Labute approximate surface area is 102 Å². The van der Waals surface area contributed by atoms with Crippen LogP contribution in [0.4, 0.5) is 5.82 Å². The topological polar surface area (TPSA) is 67.9 Å². The Morgan fingerprint density at radius 2 is 2.24 bits per heavy atom. The Hall–Kier alpha value is -1.07. The standard InChI is InChI=1S/C12H21N5/c13-12(4-1-2-5-12)9-15-11-3-6-16-17(11)10-7-14-8-10/h3,6,10,14-15H,1-2,4-5,7-9,13H2. The molecule has 1 aromatic rings. The van der Waals surface area contributed by atoms with Crippen molar-refractivity contribution in [2.75, 3.05) is 25.0 Å². The maximum absolute atomic E-state index is 6.34. The first kappa shape index (κ1) is 11.0. The molecule has 1 aliphatic heterocycles. The van der Waals surface area contributed by atoms with Gasteiger partial charge in [0.1, 0.15) is 5.82 Å². The molecule has 5 heteroatoms. The van der Waals surface area contributed by atoms with Gasteiger partial charge in [0.15, 0.2) is 0 Å². The molecule has 2 fully saturated rings. The van der Waals surface area contributed by atoms with Gasteiger partial charge in [0.05, 0.1) is 12.2 Å². The van der Waals surface area contributed by atoms with Gasteiger partial charge < -0.3 is 16.4 Å². The zero-order chi connectivity index (χ0) is 11.7. The molecule has 17 heavy (non-hydrogen) atoms. The molecule has 2 aliphatic rings. The molecule has 0 atom stereocenters. The lowest BCUT2D eigenvalue weighted by Gasteiger charge is -2.30. The summed E-state index contributed by atoms with van der Waals surface area (Å²) in [7, 11) is 0. The van der Waals surface area contributed by atoms with E-state index in [9.17, 15) is 0 Å². The summed E-state index contributed by atoms with van der Waals surface area (Å²) in [6, 6.07) is 2.54. The van der Waals surface area contributed by atoms with Crippen molar-refractivity contribution >= 4 is 5.82 Å².